The summed E-state index contributed by atoms with van der Waals surface area (Å²) in [6.45, 7) is 10.7. The van der Waals surface area contributed by atoms with Gasteiger partial charge >= 0.3 is 0 Å². The number of anilines is 2. The molecule has 0 amide bonds. The summed E-state index contributed by atoms with van der Waals surface area (Å²) < 4.78 is 4.11. The number of nitrogen functional groups attached to an aromatic ring is 1. The third-order valence-electron chi connectivity index (χ3n) is 2.66. The molecule has 16 heavy (non-hydrogen) atoms. The lowest BCUT2D eigenvalue weighted by molar-refractivity contribution is 0.300. The number of hydrogen-bond acceptors (Lipinski definition) is 5. The van der Waals surface area contributed by atoms with Gasteiger partial charge in [-0.05, 0) is 38.0 Å². The van der Waals surface area contributed by atoms with Crippen LogP contribution in [-0.2, 0) is 0 Å². The molecular formula is C11H22N4S. The molecule has 0 unspecified atom stereocenters. The van der Waals surface area contributed by atoms with Crippen molar-refractivity contribution in [1.82, 2.24) is 9.27 Å². The largest absolute Gasteiger partial charge is 0.383 e. The number of nitrogens with zero attached hydrogens (tertiary/aromatic N) is 2. The van der Waals surface area contributed by atoms with Gasteiger partial charge in [-0.15, -0.1) is 0 Å². The van der Waals surface area contributed by atoms with Gasteiger partial charge in [0.2, 0.25) is 0 Å². The van der Waals surface area contributed by atoms with E-state index in [9.17, 15) is 0 Å². The second kappa shape index (κ2) is 6.70. The first-order valence-electron chi connectivity index (χ1n) is 5.87. The highest BCUT2D eigenvalue weighted by Crippen LogP contribution is 2.24. The minimum Gasteiger partial charge on any atom is -0.383 e. The quantitative estimate of drug-likeness (QED) is 0.769. The summed E-state index contributed by atoms with van der Waals surface area (Å²) in [4.78, 5) is 2.44. The number of nitrogens with two attached hydrogens (primary N) is 1. The van der Waals surface area contributed by atoms with E-state index in [0.29, 0.717) is 5.82 Å². The normalized spacial score (nSPS) is 11.0. The highest BCUT2D eigenvalue weighted by atomic mass is 32.1. The molecule has 0 aliphatic carbocycles. The van der Waals surface area contributed by atoms with Crippen molar-refractivity contribution in [1.29, 1.82) is 0 Å². The zero-order valence-corrected chi connectivity index (χ0v) is 11.2. The van der Waals surface area contributed by atoms with Gasteiger partial charge in [-0.3, -0.25) is 0 Å². The van der Waals surface area contributed by atoms with Crippen LogP contribution in [0.5, 0.6) is 0 Å². The summed E-state index contributed by atoms with van der Waals surface area (Å²) in [5.41, 5.74) is 6.77. The van der Waals surface area contributed by atoms with E-state index in [0.717, 1.165) is 30.2 Å². The Morgan fingerprint density at radius 1 is 1.38 bits per heavy atom. The van der Waals surface area contributed by atoms with Gasteiger partial charge in [0.1, 0.15) is 10.8 Å². The van der Waals surface area contributed by atoms with Crippen molar-refractivity contribution in [2.45, 2.75) is 27.2 Å². The summed E-state index contributed by atoms with van der Waals surface area (Å²) in [7, 11) is 0. The fourth-order valence-corrected chi connectivity index (χ4v) is 2.32. The molecule has 0 spiro atoms. The summed E-state index contributed by atoms with van der Waals surface area (Å²) in [5.74, 6) is 0.647. The molecular weight excluding hydrogens is 220 g/mol. The van der Waals surface area contributed by atoms with E-state index in [1.54, 1.807) is 0 Å². The van der Waals surface area contributed by atoms with Crippen molar-refractivity contribution < 1.29 is 0 Å². The van der Waals surface area contributed by atoms with E-state index in [-0.39, 0.29) is 0 Å². The fourth-order valence-electron chi connectivity index (χ4n) is 1.58. The summed E-state index contributed by atoms with van der Waals surface area (Å²) in [6.07, 6.45) is 1.21. The summed E-state index contributed by atoms with van der Waals surface area (Å²) in [6, 6.07) is 0. The Morgan fingerprint density at radius 3 is 2.62 bits per heavy atom. The Balaban J connectivity index is 2.32. The van der Waals surface area contributed by atoms with Crippen LogP contribution in [0.1, 0.15) is 25.8 Å². The molecule has 5 heteroatoms. The SMILES string of the molecule is CCCN(CC)CCNc1snc(N)c1C. The van der Waals surface area contributed by atoms with Crippen molar-refractivity contribution in [3.8, 4) is 0 Å². The van der Waals surface area contributed by atoms with Crippen molar-refractivity contribution >= 4 is 22.4 Å². The van der Waals surface area contributed by atoms with Crippen LogP contribution in [0.15, 0.2) is 0 Å². The van der Waals surface area contributed by atoms with Crippen LogP contribution in [0.4, 0.5) is 10.8 Å². The number of rotatable bonds is 7. The van der Waals surface area contributed by atoms with Gasteiger partial charge in [0.15, 0.2) is 0 Å². The molecule has 1 aromatic rings. The molecule has 0 atom stereocenters. The van der Waals surface area contributed by atoms with Crippen LogP contribution >= 0.6 is 11.5 Å². The fraction of sp³-hybridized carbons (Fsp3) is 0.727. The van der Waals surface area contributed by atoms with Crippen LogP contribution in [-0.4, -0.2) is 35.5 Å². The average Bonchev–Trinajstić information content (AvgIpc) is 2.59. The van der Waals surface area contributed by atoms with Gasteiger partial charge in [-0.1, -0.05) is 13.8 Å². The van der Waals surface area contributed by atoms with E-state index in [1.165, 1.54) is 24.5 Å². The first-order chi connectivity index (χ1) is 7.69. The van der Waals surface area contributed by atoms with Crippen LogP contribution < -0.4 is 11.1 Å². The minimum absolute atomic E-state index is 0.647. The van der Waals surface area contributed by atoms with Crippen LogP contribution in [0.2, 0.25) is 0 Å². The molecule has 0 aliphatic rings. The van der Waals surface area contributed by atoms with Crippen molar-refractivity contribution in [3.05, 3.63) is 5.56 Å². The molecule has 0 aliphatic heterocycles. The lowest BCUT2D eigenvalue weighted by atomic mass is 10.3. The van der Waals surface area contributed by atoms with E-state index in [4.69, 9.17) is 5.73 Å². The first-order valence-corrected chi connectivity index (χ1v) is 6.64. The van der Waals surface area contributed by atoms with Gasteiger partial charge in [0.25, 0.3) is 0 Å². The lowest BCUT2D eigenvalue weighted by Crippen LogP contribution is -2.29. The second-order valence-electron chi connectivity index (χ2n) is 3.88. The summed E-state index contributed by atoms with van der Waals surface area (Å²) >= 11 is 1.44. The molecule has 92 valence electrons. The molecule has 0 saturated heterocycles. The van der Waals surface area contributed by atoms with Crippen molar-refractivity contribution in [3.63, 3.8) is 0 Å². The maximum Gasteiger partial charge on any atom is 0.142 e. The van der Waals surface area contributed by atoms with Gasteiger partial charge in [0.05, 0.1) is 0 Å². The molecule has 0 saturated carbocycles. The Labute approximate surface area is 102 Å². The number of hydrogen-bond donors (Lipinski definition) is 2. The lowest BCUT2D eigenvalue weighted by Gasteiger charge is -2.19. The van der Waals surface area contributed by atoms with Crippen LogP contribution in [0.25, 0.3) is 0 Å². The second-order valence-corrected chi connectivity index (χ2v) is 4.66. The highest BCUT2D eigenvalue weighted by Gasteiger charge is 2.06. The molecule has 1 aromatic heterocycles. The topological polar surface area (TPSA) is 54.2 Å². The number of nitrogens with one attached hydrogen (secondary N) is 1. The molecule has 3 N–H and O–H groups in total. The molecule has 0 bridgehead atoms. The monoisotopic (exact) mass is 242 g/mol. The van der Waals surface area contributed by atoms with Crippen LogP contribution in [0, 0.1) is 6.92 Å². The Kier molecular flexibility index (Phi) is 5.55. The maximum absolute atomic E-state index is 5.69. The zero-order valence-electron chi connectivity index (χ0n) is 10.4. The molecule has 1 rings (SSSR count). The molecule has 0 aromatic carbocycles. The van der Waals surface area contributed by atoms with Gasteiger partial charge in [-0.2, -0.15) is 4.37 Å². The predicted molar refractivity (Wildman–Crippen MR) is 72.2 cm³/mol. The molecule has 1 heterocycles. The van der Waals surface area contributed by atoms with Crippen LogP contribution in [0.3, 0.4) is 0 Å². The predicted octanol–water partition coefficient (Wildman–Crippen LogP) is 2.18. The Morgan fingerprint density at radius 2 is 2.12 bits per heavy atom. The van der Waals surface area contributed by atoms with Gasteiger partial charge in [0, 0.05) is 18.7 Å². The van der Waals surface area contributed by atoms with Crippen molar-refractivity contribution in [2.24, 2.45) is 0 Å². The third kappa shape index (κ3) is 3.64. The maximum atomic E-state index is 5.69. The molecule has 4 nitrogen and oxygen atoms in total. The zero-order chi connectivity index (χ0) is 12.0. The molecule has 0 fully saturated rings. The number of likely N-dealkylation sites (N-methyl/N-ethyl adjacent to an activating group) is 1. The van der Waals surface area contributed by atoms with E-state index in [2.05, 4.69) is 28.4 Å². The average molecular weight is 242 g/mol. The Hall–Kier alpha value is -0.810. The third-order valence-corrected chi connectivity index (χ3v) is 3.58. The summed E-state index contributed by atoms with van der Waals surface area (Å²) in [5, 5.41) is 4.49. The number of aromatic nitrogens is 1. The Bertz CT molecular complexity index is 311. The van der Waals surface area contributed by atoms with E-state index in [1.807, 2.05) is 6.92 Å². The smallest absolute Gasteiger partial charge is 0.142 e. The standard InChI is InChI=1S/C11H22N4S/c1-4-7-15(5-2)8-6-13-11-9(3)10(12)14-16-11/h13H,4-8H2,1-3H3,(H2,12,14). The van der Waals surface area contributed by atoms with Gasteiger partial charge < -0.3 is 16.0 Å². The molecule has 0 radical (unpaired) electrons. The highest BCUT2D eigenvalue weighted by molar-refractivity contribution is 7.10. The van der Waals surface area contributed by atoms with E-state index >= 15 is 0 Å². The first kappa shape index (κ1) is 13.3. The minimum atomic E-state index is 0.647. The van der Waals surface area contributed by atoms with Gasteiger partial charge in [-0.25, -0.2) is 0 Å². The van der Waals surface area contributed by atoms with E-state index < -0.39 is 0 Å². The van der Waals surface area contributed by atoms with Crippen molar-refractivity contribution in [2.75, 3.05) is 37.2 Å².